The van der Waals surface area contributed by atoms with Crippen LogP contribution >= 0.6 is 0 Å². The zero-order chi connectivity index (χ0) is 11.6. The highest BCUT2D eigenvalue weighted by atomic mass is 16.6. The van der Waals surface area contributed by atoms with Crippen molar-refractivity contribution in [1.29, 1.82) is 0 Å². The molecule has 0 aliphatic rings. The van der Waals surface area contributed by atoms with E-state index in [1.54, 1.807) is 6.07 Å². The van der Waals surface area contributed by atoms with E-state index in [9.17, 15) is 5.11 Å². The standard InChI is InChI=1S/C12H19NO2/c1-8-5-10(11(14)6-9(8)2)12(3,4)7-15-13/h5-6,14H,7,13H2,1-4H3. The first kappa shape index (κ1) is 12.0. The molecule has 3 nitrogen and oxygen atoms in total. The van der Waals surface area contributed by atoms with Crippen molar-refractivity contribution in [2.45, 2.75) is 33.1 Å². The van der Waals surface area contributed by atoms with Gasteiger partial charge in [-0.3, -0.25) is 0 Å². The predicted octanol–water partition coefficient (Wildman–Crippen LogP) is 2.18. The Hall–Kier alpha value is -1.06. The van der Waals surface area contributed by atoms with Crippen LogP contribution in [0.4, 0.5) is 0 Å². The molecular formula is C12H19NO2. The number of phenols is 1. The summed E-state index contributed by atoms with van der Waals surface area (Å²) in [5.41, 5.74) is 2.83. The molecule has 0 saturated heterocycles. The summed E-state index contributed by atoms with van der Waals surface area (Å²) in [5.74, 6) is 5.39. The fourth-order valence-electron chi connectivity index (χ4n) is 1.63. The molecule has 0 amide bonds. The summed E-state index contributed by atoms with van der Waals surface area (Å²) in [6, 6.07) is 3.77. The summed E-state index contributed by atoms with van der Waals surface area (Å²) >= 11 is 0. The van der Waals surface area contributed by atoms with Gasteiger partial charge in [0.15, 0.2) is 0 Å². The summed E-state index contributed by atoms with van der Waals surface area (Å²) in [6.45, 7) is 8.36. The lowest BCUT2D eigenvalue weighted by Gasteiger charge is -2.25. The molecule has 84 valence electrons. The van der Waals surface area contributed by atoms with Crippen molar-refractivity contribution in [2.24, 2.45) is 5.90 Å². The van der Waals surface area contributed by atoms with Crippen molar-refractivity contribution < 1.29 is 9.94 Å². The Kier molecular flexibility index (Phi) is 3.37. The number of phenolic OH excluding ortho intramolecular Hbond substituents is 1. The highest BCUT2D eigenvalue weighted by Crippen LogP contribution is 2.33. The van der Waals surface area contributed by atoms with Gasteiger partial charge in [-0.25, -0.2) is 5.90 Å². The molecule has 1 rings (SSSR count). The van der Waals surface area contributed by atoms with Crippen molar-refractivity contribution >= 4 is 0 Å². The number of aryl methyl sites for hydroxylation is 2. The second-order valence-electron chi connectivity index (χ2n) is 4.65. The van der Waals surface area contributed by atoms with E-state index in [1.165, 1.54) is 0 Å². The Morgan fingerprint density at radius 1 is 1.27 bits per heavy atom. The van der Waals surface area contributed by atoms with E-state index in [2.05, 4.69) is 4.84 Å². The number of rotatable bonds is 3. The third-order valence-corrected chi connectivity index (χ3v) is 2.79. The predicted molar refractivity (Wildman–Crippen MR) is 60.7 cm³/mol. The molecule has 0 spiro atoms. The number of hydrogen-bond acceptors (Lipinski definition) is 3. The number of aromatic hydroxyl groups is 1. The van der Waals surface area contributed by atoms with Crippen LogP contribution in [0.2, 0.25) is 0 Å². The minimum absolute atomic E-state index is 0.280. The first-order valence-corrected chi connectivity index (χ1v) is 5.01. The van der Waals surface area contributed by atoms with Crippen LogP contribution in [-0.2, 0) is 10.3 Å². The first-order chi connectivity index (χ1) is 6.88. The third-order valence-electron chi connectivity index (χ3n) is 2.79. The molecule has 3 N–H and O–H groups in total. The van der Waals surface area contributed by atoms with Crippen molar-refractivity contribution in [1.82, 2.24) is 0 Å². The minimum atomic E-state index is -0.280. The van der Waals surface area contributed by atoms with Gasteiger partial charge in [0.25, 0.3) is 0 Å². The highest BCUT2D eigenvalue weighted by Gasteiger charge is 2.24. The first-order valence-electron chi connectivity index (χ1n) is 5.01. The second-order valence-corrected chi connectivity index (χ2v) is 4.65. The van der Waals surface area contributed by atoms with Crippen molar-refractivity contribution in [2.75, 3.05) is 6.61 Å². The van der Waals surface area contributed by atoms with Gasteiger partial charge in [-0.05, 0) is 31.0 Å². The van der Waals surface area contributed by atoms with Crippen molar-refractivity contribution in [3.8, 4) is 5.75 Å². The molecule has 0 bridgehead atoms. The van der Waals surface area contributed by atoms with Gasteiger partial charge in [-0.1, -0.05) is 19.9 Å². The number of benzene rings is 1. The Morgan fingerprint density at radius 2 is 1.80 bits per heavy atom. The van der Waals surface area contributed by atoms with Crippen molar-refractivity contribution in [3.63, 3.8) is 0 Å². The van der Waals surface area contributed by atoms with Gasteiger partial charge in [0.1, 0.15) is 5.75 Å². The Balaban J connectivity index is 3.19. The fourth-order valence-corrected chi connectivity index (χ4v) is 1.63. The Labute approximate surface area is 90.8 Å². The Morgan fingerprint density at radius 3 is 2.33 bits per heavy atom. The molecule has 1 aromatic carbocycles. The zero-order valence-electron chi connectivity index (χ0n) is 9.79. The van der Waals surface area contributed by atoms with Gasteiger partial charge in [0.05, 0.1) is 6.61 Å². The quantitative estimate of drug-likeness (QED) is 0.750. The topological polar surface area (TPSA) is 55.5 Å². The SMILES string of the molecule is Cc1cc(O)c(C(C)(C)CON)cc1C. The van der Waals surface area contributed by atoms with Crippen LogP contribution in [0.3, 0.4) is 0 Å². The molecule has 0 aliphatic heterocycles. The molecule has 0 atom stereocenters. The van der Waals surface area contributed by atoms with E-state index in [1.807, 2.05) is 33.8 Å². The second kappa shape index (κ2) is 4.21. The zero-order valence-corrected chi connectivity index (χ0v) is 9.79. The van der Waals surface area contributed by atoms with Crippen LogP contribution in [0, 0.1) is 13.8 Å². The maximum Gasteiger partial charge on any atom is 0.119 e. The van der Waals surface area contributed by atoms with E-state index < -0.39 is 0 Å². The van der Waals surface area contributed by atoms with Gasteiger partial charge in [0, 0.05) is 11.0 Å². The number of nitrogens with two attached hydrogens (primary N) is 1. The van der Waals surface area contributed by atoms with E-state index in [0.717, 1.165) is 16.7 Å². The highest BCUT2D eigenvalue weighted by molar-refractivity contribution is 5.44. The van der Waals surface area contributed by atoms with E-state index in [0.29, 0.717) is 12.4 Å². The fraction of sp³-hybridized carbons (Fsp3) is 0.500. The maximum absolute atomic E-state index is 9.88. The summed E-state index contributed by atoms with van der Waals surface area (Å²) in [5, 5.41) is 9.88. The van der Waals surface area contributed by atoms with E-state index >= 15 is 0 Å². The average Bonchev–Trinajstić information content (AvgIpc) is 2.11. The van der Waals surface area contributed by atoms with E-state index in [-0.39, 0.29) is 5.41 Å². The van der Waals surface area contributed by atoms with E-state index in [4.69, 9.17) is 5.90 Å². The summed E-state index contributed by atoms with van der Waals surface area (Å²) in [4.78, 5) is 4.68. The average molecular weight is 209 g/mol. The molecule has 0 fully saturated rings. The van der Waals surface area contributed by atoms with Crippen LogP contribution in [-0.4, -0.2) is 11.7 Å². The number of hydrogen-bond donors (Lipinski definition) is 2. The molecule has 0 saturated carbocycles. The summed E-state index contributed by atoms with van der Waals surface area (Å²) in [6.07, 6.45) is 0. The van der Waals surface area contributed by atoms with Gasteiger partial charge >= 0.3 is 0 Å². The Bertz CT molecular complexity index is 359. The molecule has 3 heteroatoms. The molecular weight excluding hydrogens is 190 g/mol. The molecule has 0 unspecified atom stereocenters. The summed E-state index contributed by atoms with van der Waals surface area (Å²) in [7, 11) is 0. The molecule has 0 radical (unpaired) electrons. The lowest BCUT2D eigenvalue weighted by Crippen LogP contribution is -2.26. The lowest BCUT2D eigenvalue weighted by molar-refractivity contribution is 0.0954. The molecule has 0 heterocycles. The third kappa shape index (κ3) is 2.49. The molecule has 1 aromatic rings. The van der Waals surface area contributed by atoms with Crippen LogP contribution in [0.1, 0.15) is 30.5 Å². The van der Waals surface area contributed by atoms with Crippen LogP contribution in [0.5, 0.6) is 5.75 Å². The normalized spacial score (nSPS) is 11.8. The largest absolute Gasteiger partial charge is 0.508 e. The smallest absolute Gasteiger partial charge is 0.119 e. The minimum Gasteiger partial charge on any atom is -0.508 e. The monoisotopic (exact) mass is 209 g/mol. The van der Waals surface area contributed by atoms with Gasteiger partial charge in [-0.2, -0.15) is 0 Å². The summed E-state index contributed by atoms with van der Waals surface area (Å²) < 4.78 is 0. The molecule has 0 aliphatic carbocycles. The van der Waals surface area contributed by atoms with Gasteiger partial charge in [-0.15, -0.1) is 0 Å². The molecule has 0 aromatic heterocycles. The lowest BCUT2D eigenvalue weighted by atomic mass is 9.83. The molecule has 15 heavy (non-hydrogen) atoms. The van der Waals surface area contributed by atoms with Crippen molar-refractivity contribution in [3.05, 3.63) is 28.8 Å². The van der Waals surface area contributed by atoms with Crippen LogP contribution in [0.15, 0.2) is 12.1 Å². The van der Waals surface area contributed by atoms with Gasteiger partial charge < -0.3 is 9.94 Å². The maximum atomic E-state index is 9.88. The van der Waals surface area contributed by atoms with Gasteiger partial charge in [0.2, 0.25) is 0 Å². The van der Waals surface area contributed by atoms with Crippen LogP contribution < -0.4 is 5.90 Å². The van der Waals surface area contributed by atoms with Crippen LogP contribution in [0.25, 0.3) is 0 Å².